The van der Waals surface area contributed by atoms with E-state index in [0.29, 0.717) is 18.5 Å². The molecule has 19 heavy (non-hydrogen) atoms. The zero-order valence-corrected chi connectivity index (χ0v) is 13.8. The Morgan fingerprint density at radius 2 is 1.68 bits per heavy atom. The zero-order chi connectivity index (χ0) is 15.2. The fourth-order valence-electron chi connectivity index (χ4n) is 2.31. The number of nitrogens with one attached hydrogen (secondary N) is 1. The Balaban J connectivity index is 4.53. The van der Waals surface area contributed by atoms with Gasteiger partial charge >= 0.3 is 0 Å². The molecule has 0 rings (SSSR count). The van der Waals surface area contributed by atoms with Gasteiger partial charge in [-0.1, -0.05) is 47.5 Å². The average Bonchev–Trinajstić information content (AvgIpc) is 2.31. The molecule has 0 aliphatic carbocycles. The molecule has 0 saturated carbocycles. The van der Waals surface area contributed by atoms with E-state index in [9.17, 15) is 4.79 Å². The van der Waals surface area contributed by atoms with Crippen LogP contribution in [0.1, 0.15) is 47.5 Å². The van der Waals surface area contributed by atoms with Crippen LogP contribution in [0, 0.1) is 11.3 Å². The normalized spacial score (nSPS) is 15.7. The first kappa shape index (κ1) is 18.4. The molecule has 0 spiro atoms. The third kappa shape index (κ3) is 5.91. The van der Waals surface area contributed by atoms with Gasteiger partial charge in [-0.2, -0.15) is 0 Å². The van der Waals surface area contributed by atoms with Crippen LogP contribution < -0.4 is 11.1 Å². The summed E-state index contributed by atoms with van der Waals surface area (Å²) in [5, 5.41) is 3.01. The minimum atomic E-state index is -0.461. The molecule has 0 aromatic heterocycles. The molecule has 0 aromatic rings. The predicted octanol–water partition coefficient (Wildman–Crippen LogP) is 1.84. The highest BCUT2D eigenvalue weighted by Crippen LogP contribution is 2.18. The second-order valence-electron chi connectivity index (χ2n) is 6.70. The number of nitrogens with zero attached hydrogens (tertiary/aromatic N) is 1. The molecule has 114 valence electrons. The molecule has 0 heterocycles. The Labute approximate surface area is 119 Å². The van der Waals surface area contributed by atoms with Crippen LogP contribution in [0.3, 0.4) is 0 Å². The van der Waals surface area contributed by atoms with Gasteiger partial charge in [-0.15, -0.1) is 0 Å². The standard InChI is InChI=1S/C15H33N3O/c1-8-11(9-2)12(18(6)7)10-17-14(19)13(16)15(3,4)5/h11-13H,8-10,16H2,1-7H3,(H,17,19). The summed E-state index contributed by atoms with van der Waals surface area (Å²) < 4.78 is 0. The summed E-state index contributed by atoms with van der Waals surface area (Å²) >= 11 is 0. The van der Waals surface area contributed by atoms with Gasteiger partial charge in [-0.05, 0) is 25.4 Å². The Kier molecular flexibility index (Phi) is 7.60. The molecule has 2 atom stereocenters. The summed E-state index contributed by atoms with van der Waals surface area (Å²) in [4.78, 5) is 14.3. The SMILES string of the molecule is CCC(CC)C(CNC(=O)C(N)C(C)(C)C)N(C)C. The molecule has 0 aliphatic rings. The summed E-state index contributed by atoms with van der Waals surface area (Å²) in [7, 11) is 4.14. The summed E-state index contributed by atoms with van der Waals surface area (Å²) in [5.74, 6) is 0.548. The molecule has 0 bridgehead atoms. The fraction of sp³-hybridized carbons (Fsp3) is 0.933. The maximum absolute atomic E-state index is 12.1. The Morgan fingerprint density at radius 3 is 2.00 bits per heavy atom. The quantitative estimate of drug-likeness (QED) is 0.743. The van der Waals surface area contributed by atoms with Crippen molar-refractivity contribution in [3.8, 4) is 0 Å². The third-order valence-corrected chi connectivity index (χ3v) is 3.96. The number of amides is 1. The van der Waals surface area contributed by atoms with E-state index in [-0.39, 0.29) is 11.3 Å². The summed E-state index contributed by atoms with van der Waals surface area (Å²) in [6.45, 7) is 11.0. The van der Waals surface area contributed by atoms with Crippen LogP contribution in [0.5, 0.6) is 0 Å². The molecule has 0 radical (unpaired) electrons. The second kappa shape index (κ2) is 7.85. The first-order valence-corrected chi connectivity index (χ1v) is 7.34. The zero-order valence-electron chi connectivity index (χ0n) is 13.8. The lowest BCUT2D eigenvalue weighted by Crippen LogP contribution is -2.52. The van der Waals surface area contributed by atoms with Gasteiger partial charge in [-0.25, -0.2) is 0 Å². The Morgan fingerprint density at radius 1 is 1.21 bits per heavy atom. The molecule has 0 aliphatic heterocycles. The minimum absolute atomic E-state index is 0.0506. The molecule has 3 N–H and O–H groups in total. The number of hydrogen-bond donors (Lipinski definition) is 2. The van der Waals surface area contributed by atoms with E-state index in [1.165, 1.54) is 0 Å². The Bertz CT molecular complexity index is 267. The molecule has 0 saturated heterocycles. The van der Waals surface area contributed by atoms with Crippen LogP contribution in [-0.4, -0.2) is 43.5 Å². The predicted molar refractivity (Wildman–Crippen MR) is 82.0 cm³/mol. The molecular formula is C15H33N3O. The summed E-state index contributed by atoms with van der Waals surface area (Å²) in [5.41, 5.74) is 5.77. The molecule has 1 amide bonds. The van der Waals surface area contributed by atoms with Gasteiger partial charge in [0.25, 0.3) is 0 Å². The van der Waals surface area contributed by atoms with Crippen LogP contribution in [0.25, 0.3) is 0 Å². The van der Waals surface area contributed by atoms with Gasteiger partial charge in [0.15, 0.2) is 0 Å². The van der Waals surface area contributed by atoms with E-state index >= 15 is 0 Å². The van der Waals surface area contributed by atoms with E-state index in [4.69, 9.17) is 5.73 Å². The topological polar surface area (TPSA) is 58.4 Å². The van der Waals surface area contributed by atoms with Crippen molar-refractivity contribution < 1.29 is 4.79 Å². The van der Waals surface area contributed by atoms with Gasteiger partial charge in [0.1, 0.15) is 0 Å². The lowest BCUT2D eigenvalue weighted by Gasteiger charge is -2.33. The highest BCUT2D eigenvalue weighted by atomic mass is 16.2. The van der Waals surface area contributed by atoms with Crippen LogP contribution in [-0.2, 0) is 4.79 Å². The molecule has 4 nitrogen and oxygen atoms in total. The van der Waals surface area contributed by atoms with Gasteiger partial charge in [0.2, 0.25) is 5.91 Å². The summed E-state index contributed by atoms with van der Waals surface area (Å²) in [6, 6.07) is -0.0943. The highest BCUT2D eigenvalue weighted by molar-refractivity contribution is 5.82. The van der Waals surface area contributed by atoms with Crippen LogP contribution >= 0.6 is 0 Å². The molecule has 4 heteroatoms. The lowest BCUT2D eigenvalue weighted by molar-refractivity contribution is -0.124. The van der Waals surface area contributed by atoms with Crippen molar-refractivity contribution in [3.63, 3.8) is 0 Å². The lowest BCUT2D eigenvalue weighted by atomic mass is 9.86. The average molecular weight is 271 g/mol. The van der Waals surface area contributed by atoms with Crippen molar-refractivity contribution >= 4 is 5.91 Å². The molecule has 2 unspecified atom stereocenters. The minimum Gasteiger partial charge on any atom is -0.353 e. The maximum atomic E-state index is 12.1. The maximum Gasteiger partial charge on any atom is 0.237 e. The summed E-state index contributed by atoms with van der Waals surface area (Å²) in [6.07, 6.45) is 2.25. The Hall–Kier alpha value is -0.610. The van der Waals surface area contributed by atoms with Crippen molar-refractivity contribution in [2.24, 2.45) is 17.1 Å². The van der Waals surface area contributed by atoms with Gasteiger partial charge in [0, 0.05) is 12.6 Å². The van der Waals surface area contributed by atoms with E-state index in [0.717, 1.165) is 12.8 Å². The molecule has 0 fully saturated rings. The fourth-order valence-corrected chi connectivity index (χ4v) is 2.31. The molecular weight excluding hydrogens is 238 g/mol. The van der Waals surface area contributed by atoms with Gasteiger partial charge < -0.3 is 16.0 Å². The van der Waals surface area contributed by atoms with Crippen LogP contribution in [0.2, 0.25) is 0 Å². The van der Waals surface area contributed by atoms with Crippen LogP contribution in [0.4, 0.5) is 0 Å². The van der Waals surface area contributed by atoms with E-state index in [2.05, 4.69) is 38.2 Å². The number of nitrogens with two attached hydrogens (primary N) is 1. The monoisotopic (exact) mass is 271 g/mol. The number of carbonyl (C=O) groups is 1. The van der Waals surface area contributed by atoms with Crippen molar-refractivity contribution in [2.45, 2.75) is 59.5 Å². The largest absolute Gasteiger partial charge is 0.353 e. The van der Waals surface area contributed by atoms with Crippen LogP contribution in [0.15, 0.2) is 0 Å². The number of likely N-dealkylation sites (N-methyl/N-ethyl adjacent to an activating group) is 1. The smallest absolute Gasteiger partial charge is 0.237 e. The third-order valence-electron chi connectivity index (χ3n) is 3.96. The van der Waals surface area contributed by atoms with E-state index < -0.39 is 6.04 Å². The first-order valence-electron chi connectivity index (χ1n) is 7.34. The van der Waals surface area contributed by atoms with Gasteiger partial charge in [-0.3, -0.25) is 4.79 Å². The number of rotatable bonds is 7. The van der Waals surface area contributed by atoms with E-state index in [1.54, 1.807) is 0 Å². The van der Waals surface area contributed by atoms with E-state index in [1.807, 2.05) is 20.8 Å². The number of carbonyl (C=O) groups excluding carboxylic acids is 1. The highest BCUT2D eigenvalue weighted by Gasteiger charge is 2.28. The first-order chi connectivity index (χ1) is 8.65. The van der Waals surface area contributed by atoms with Crippen molar-refractivity contribution in [1.29, 1.82) is 0 Å². The number of hydrogen-bond acceptors (Lipinski definition) is 3. The van der Waals surface area contributed by atoms with Gasteiger partial charge in [0.05, 0.1) is 6.04 Å². The van der Waals surface area contributed by atoms with Crippen molar-refractivity contribution in [2.75, 3.05) is 20.6 Å². The van der Waals surface area contributed by atoms with Crippen molar-refractivity contribution in [1.82, 2.24) is 10.2 Å². The van der Waals surface area contributed by atoms with Crippen molar-refractivity contribution in [3.05, 3.63) is 0 Å². The second-order valence-corrected chi connectivity index (χ2v) is 6.70. The molecule has 0 aromatic carbocycles.